The highest BCUT2D eigenvalue weighted by Gasteiger charge is 2.21. The summed E-state index contributed by atoms with van der Waals surface area (Å²) in [5.41, 5.74) is 1.79. The van der Waals surface area contributed by atoms with Crippen LogP contribution in [0.1, 0.15) is 42.2 Å². The van der Waals surface area contributed by atoms with E-state index >= 15 is 0 Å². The maximum absolute atomic E-state index is 12.6. The molecule has 3 rings (SSSR count). The van der Waals surface area contributed by atoms with Crippen molar-refractivity contribution in [3.8, 4) is 0 Å². The molecule has 1 N–H and O–H groups in total. The molecule has 1 aliphatic heterocycles. The Morgan fingerprint density at radius 1 is 1.32 bits per heavy atom. The topological polar surface area (TPSA) is 62.3 Å². The second kappa shape index (κ2) is 7.43. The summed E-state index contributed by atoms with van der Waals surface area (Å²) in [7, 11) is -3.61. The second-order valence-electron chi connectivity index (χ2n) is 6.82. The number of rotatable bonds is 5. The average molecular weight is 380 g/mol. The third-order valence-corrected chi connectivity index (χ3v) is 7.22. The minimum Gasteiger partial charge on any atom is -0.296 e. The molecule has 1 unspecified atom stereocenters. The summed E-state index contributed by atoms with van der Waals surface area (Å²) in [5.74, 6) is 0. The summed E-state index contributed by atoms with van der Waals surface area (Å²) in [4.78, 5) is 8.11. The Bertz CT molecular complexity index is 846. The molecule has 1 aromatic heterocycles. The van der Waals surface area contributed by atoms with Gasteiger partial charge in [0.05, 0.1) is 4.90 Å². The molecule has 2 heterocycles. The van der Waals surface area contributed by atoms with Crippen LogP contribution in [0.3, 0.4) is 0 Å². The number of nitrogens with zero attached hydrogens (tertiary/aromatic N) is 2. The fourth-order valence-corrected chi connectivity index (χ4v) is 5.60. The molecule has 1 aliphatic rings. The van der Waals surface area contributed by atoms with Crippen LogP contribution in [-0.4, -0.2) is 30.9 Å². The maximum atomic E-state index is 12.6. The lowest BCUT2D eigenvalue weighted by Gasteiger charge is -2.32. The van der Waals surface area contributed by atoms with Crippen LogP contribution in [0.2, 0.25) is 0 Å². The fraction of sp³-hybridized carbons (Fsp3) is 0.500. The summed E-state index contributed by atoms with van der Waals surface area (Å²) in [6.45, 7) is 7.95. The molecular formula is C18H25N3O2S2. The van der Waals surface area contributed by atoms with E-state index in [2.05, 4.69) is 21.5 Å². The maximum Gasteiger partial charge on any atom is 0.263 e. The van der Waals surface area contributed by atoms with E-state index in [1.54, 1.807) is 12.3 Å². The number of aryl methyl sites for hydroxylation is 2. The Morgan fingerprint density at radius 2 is 2.12 bits per heavy atom. The number of aromatic nitrogens is 1. The van der Waals surface area contributed by atoms with Gasteiger partial charge >= 0.3 is 0 Å². The number of anilines is 1. The Morgan fingerprint density at radius 3 is 2.84 bits per heavy atom. The lowest BCUT2D eigenvalue weighted by Crippen LogP contribution is -2.36. The summed E-state index contributed by atoms with van der Waals surface area (Å²) < 4.78 is 27.9. The molecule has 0 spiro atoms. The zero-order chi connectivity index (χ0) is 18.0. The van der Waals surface area contributed by atoms with Gasteiger partial charge in [-0.3, -0.25) is 9.62 Å². The van der Waals surface area contributed by atoms with Crippen LogP contribution in [0.4, 0.5) is 5.13 Å². The highest BCUT2D eigenvalue weighted by Crippen LogP contribution is 2.26. The fourth-order valence-electron chi connectivity index (χ4n) is 3.29. The third kappa shape index (κ3) is 4.40. The van der Waals surface area contributed by atoms with Crippen LogP contribution in [0.15, 0.2) is 29.3 Å². The van der Waals surface area contributed by atoms with Crippen molar-refractivity contribution in [1.29, 1.82) is 0 Å². The van der Waals surface area contributed by atoms with Crippen LogP contribution >= 0.6 is 11.3 Å². The number of hydrogen-bond acceptors (Lipinski definition) is 5. The molecule has 7 heteroatoms. The van der Waals surface area contributed by atoms with Gasteiger partial charge in [-0.25, -0.2) is 13.4 Å². The van der Waals surface area contributed by atoms with E-state index < -0.39 is 10.0 Å². The highest BCUT2D eigenvalue weighted by atomic mass is 32.2. The molecule has 1 aromatic carbocycles. The van der Waals surface area contributed by atoms with Gasteiger partial charge in [0.1, 0.15) is 0 Å². The normalized spacial score (nSPS) is 19.1. The molecule has 0 bridgehead atoms. The lowest BCUT2D eigenvalue weighted by molar-refractivity contribution is 0.154. The van der Waals surface area contributed by atoms with E-state index in [-0.39, 0.29) is 0 Å². The number of nitrogens with one attached hydrogen (secondary N) is 1. The van der Waals surface area contributed by atoms with Gasteiger partial charge in [-0.2, -0.15) is 0 Å². The molecule has 1 saturated heterocycles. The predicted octanol–water partition coefficient (Wildman–Crippen LogP) is 3.94. The number of hydrogen-bond donors (Lipinski definition) is 1. The SMILES string of the molecule is Cc1ccc(S(=O)(=O)Nc2ncc(CN3CCCCC3C)s2)c(C)c1. The van der Waals surface area contributed by atoms with Crippen molar-refractivity contribution in [2.75, 3.05) is 11.3 Å². The van der Waals surface area contributed by atoms with Gasteiger partial charge in [-0.1, -0.05) is 35.5 Å². The average Bonchev–Trinajstić information content (AvgIpc) is 2.95. The van der Waals surface area contributed by atoms with E-state index in [1.165, 1.54) is 30.6 Å². The standard InChI is InChI=1S/C18H25N3O2S2/c1-13-7-8-17(14(2)10-13)25(22,23)20-18-19-11-16(24-18)12-21-9-5-4-6-15(21)3/h7-8,10-11,15H,4-6,9,12H2,1-3H3,(H,19,20). The number of sulfonamides is 1. The van der Waals surface area contributed by atoms with Crippen LogP contribution in [0, 0.1) is 13.8 Å². The zero-order valence-electron chi connectivity index (χ0n) is 14.9. The van der Waals surface area contributed by atoms with Crippen molar-refractivity contribution in [2.24, 2.45) is 0 Å². The first-order valence-electron chi connectivity index (χ1n) is 8.64. The Labute approximate surface area is 154 Å². The molecule has 1 fully saturated rings. The van der Waals surface area contributed by atoms with Gasteiger partial charge < -0.3 is 0 Å². The van der Waals surface area contributed by atoms with Gasteiger partial charge in [0, 0.05) is 23.7 Å². The predicted molar refractivity (Wildman–Crippen MR) is 103 cm³/mol. The van der Waals surface area contributed by atoms with Gasteiger partial charge in [0.25, 0.3) is 10.0 Å². The largest absolute Gasteiger partial charge is 0.296 e. The number of likely N-dealkylation sites (tertiary alicyclic amines) is 1. The summed E-state index contributed by atoms with van der Waals surface area (Å²) in [6.07, 6.45) is 5.54. The minimum absolute atomic E-state index is 0.305. The second-order valence-corrected chi connectivity index (χ2v) is 9.59. The van der Waals surface area contributed by atoms with Crippen molar-refractivity contribution < 1.29 is 8.42 Å². The third-order valence-electron chi connectivity index (χ3n) is 4.69. The Hall–Kier alpha value is -1.44. The molecule has 5 nitrogen and oxygen atoms in total. The van der Waals surface area contributed by atoms with Crippen LogP contribution < -0.4 is 4.72 Å². The van der Waals surface area contributed by atoms with Gasteiger partial charge in [0.15, 0.2) is 5.13 Å². The van der Waals surface area contributed by atoms with Crippen molar-refractivity contribution in [3.63, 3.8) is 0 Å². The number of piperidine rings is 1. The molecule has 2 aromatic rings. The van der Waals surface area contributed by atoms with E-state index in [4.69, 9.17) is 0 Å². The quantitative estimate of drug-likeness (QED) is 0.855. The minimum atomic E-state index is -3.61. The van der Waals surface area contributed by atoms with Crippen molar-refractivity contribution in [1.82, 2.24) is 9.88 Å². The van der Waals surface area contributed by atoms with Crippen molar-refractivity contribution >= 4 is 26.5 Å². The summed E-state index contributed by atoms with van der Waals surface area (Å²) in [6, 6.07) is 5.91. The molecule has 136 valence electrons. The zero-order valence-corrected chi connectivity index (χ0v) is 16.6. The van der Waals surface area contributed by atoms with E-state index in [0.717, 1.165) is 29.1 Å². The first-order valence-corrected chi connectivity index (χ1v) is 10.9. The molecule has 0 aliphatic carbocycles. The van der Waals surface area contributed by atoms with Crippen LogP contribution in [-0.2, 0) is 16.6 Å². The monoisotopic (exact) mass is 379 g/mol. The Balaban J connectivity index is 1.72. The molecule has 0 amide bonds. The first kappa shape index (κ1) is 18.4. The number of thiazole rings is 1. The summed E-state index contributed by atoms with van der Waals surface area (Å²) >= 11 is 1.42. The lowest BCUT2D eigenvalue weighted by atomic mass is 10.0. The molecule has 0 radical (unpaired) electrons. The van der Waals surface area contributed by atoms with Crippen molar-refractivity contribution in [2.45, 2.75) is 57.5 Å². The molecule has 25 heavy (non-hydrogen) atoms. The first-order chi connectivity index (χ1) is 11.8. The highest BCUT2D eigenvalue weighted by molar-refractivity contribution is 7.93. The summed E-state index contributed by atoms with van der Waals surface area (Å²) in [5, 5.41) is 0.430. The molecule has 1 atom stereocenters. The van der Waals surface area contributed by atoms with E-state index in [0.29, 0.717) is 16.1 Å². The Kier molecular flexibility index (Phi) is 5.46. The van der Waals surface area contributed by atoms with Gasteiger partial charge in [0.2, 0.25) is 0 Å². The van der Waals surface area contributed by atoms with E-state index in [9.17, 15) is 8.42 Å². The van der Waals surface area contributed by atoms with Gasteiger partial charge in [-0.15, -0.1) is 0 Å². The molecule has 0 saturated carbocycles. The van der Waals surface area contributed by atoms with Crippen molar-refractivity contribution in [3.05, 3.63) is 40.4 Å². The van der Waals surface area contributed by atoms with Crippen LogP contribution in [0.25, 0.3) is 0 Å². The van der Waals surface area contributed by atoms with E-state index in [1.807, 2.05) is 26.0 Å². The van der Waals surface area contributed by atoms with Gasteiger partial charge in [-0.05, 0) is 51.8 Å². The smallest absolute Gasteiger partial charge is 0.263 e. The number of benzene rings is 1. The van der Waals surface area contributed by atoms with Crippen LogP contribution in [0.5, 0.6) is 0 Å². The molecular weight excluding hydrogens is 354 g/mol.